The molecule has 0 saturated carbocycles. The van der Waals surface area contributed by atoms with Gasteiger partial charge in [-0.25, -0.2) is 19.4 Å². The maximum absolute atomic E-state index is 13.0. The van der Waals surface area contributed by atoms with Gasteiger partial charge in [-0.3, -0.25) is 24.2 Å². The highest BCUT2D eigenvalue weighted by Gasteiger charge is 2.38. The zero-order valence-corrected chi connectivity index (χ0v) is 23.8. The van der Waals surface area contributed by atoms with E-state index in [1.807, 2.05) is 0 Å². The number of nitrogens with one attached hydrogen (secondary N) is 1. The number of rotatable bonds is 6. The van der Waals surface area contributed by atoms with Crippen molar-refractivity contribution in [2.24, 2.45) is 4.99 Å². The summed E-state index contributed by atoms with van der Waals surface area (Å²) >= 11 is 0. The van der Waals surface area contributed by atoms with E-state index in [-0.39, 0.29) is 39.4 Å². The van der Waals surface area contributed by atoms with Crippen molar-refractivity contribution in [2.75, 3.05) is 16.3 Å². The molecule has 12 nitrogen and oxygen atoms in total. The van der Waals surface area contributed by atoms with E-state index >= 15 is 0 Å². The number of carbonyl (C=O) groups excluding carboxylic acids is 4. The molecule has 3 aliphatic heterocycles. The number of imide groups is 2. The normalized spacial score (nSPS) is 17.0. The van der Waals surface area contributed by atoms with E-state index in [1.165, 1.54) is 36.4 Å². The second-order valence-corrected chi connectivity index (χ2v) is 10.9. The van der Waals surface area contributed by atoms with Crippen LogP contribution in [0.4, 0.5) is 11.4 Å². The van der Waals surface area contributed by atoms with Gasteiger partial charge in [0.2, 0.25) is 0 Å². The third kappa shape index (κ3) is 4.51. The predicted octanol–water partition coefficient (Wildman–Crippen LogP) is 4.17. The van der Waals surface area contributed by atoms with Crippen LogP contribution < -0.4 is 15.1 Å². The topological polar surface area (TPSA) is 174 Å². The monoisotopic (exact) mass is 614 g/mol. The molecule has 0 radical (unpaired) electrons. The van der Waals surface area contributed by atoms with Crippen LogP contribution in [0.3, 0.4) is 0 Å². The van der Waals surface area contributed by atoms with Gasteiger partial charge in [0.1, 0.15) is 5.84 Å². The number of amides is 4. The SMILES string of the molecule is O=C(O)c1ccc2c(c1)C(=O)N(c1ccc(C3=NC(c4ccc(N5C(=O)c6ccc(C(=O)O)cc6C5=O)cc4)CCN3)cc1)C2=O. The number of anilines is 2. The lowest BCUT2D eigenvalue weighted by molar-refractivity contribution is 0.0686. The molecule has 0 bridgehead atoms. The quantitative estimate of drug-likeness (QED) is 0.269. The number of carboxylic acid groups (broad SMARTS) is 2. The van der Waals surface area contributed by atoms with Crippen LogP contribution in [-0.2, 0) is 0 Å². The average Bonchev–Trinajstić information content (AvgIpc) is 3.48. The summed E-state index contributed by atoms with van der Waals surface area (Å²) in [7, 11) is 0. The number of fused-ring (bicyclic) bond motifs is 2. The van der Waals surface area contributed by atoms with Crippen molar-refractivity contribution in [2.45, 2.75) is 12.5 Å². The fraction of sp³-hybridized carbons (Fsp3) is 0.0882. The Morgan fingerprint density at radius 2 is 1.09 bits per heavy atom. The molecule has 0 fully saturated rings. The number of nitrogens with zero attached hydrogens (tertiary/aromatic N) is 3. The van der Waals surface area contributed by atoms with Gasteiger partial charge < -0.3 is 15.5 Å². The molecule has 226 valence electrons. The molecule has 7 rings (SSSR count). The number of aromatic carboxylic acids is 2. The van der Waals surface area contributed by atoms with Crippen LogP contribution in [0.2, 0.25) is 0 Å². The van der Waals surface area contributed by atoms with Crippen LogP contribution in [0.1, 0.15) is 85.7 Å². The summed E-state index contributed by atoms with van der Waals surface area (Å²) in [5.74, 6) is -4.03. The van der Waals surface area contributed by atoms with Crippen molar-refractivity contribution in [3.8, 4) is 0 Å². The molecule has 0 spiro atoms. The molecule has 1 atom stereocenters. The summed E-state index contributed by atoms with van der Waals surface area (Å²) in [6.07, 6.45) is 0.680. The van der Waals surface area contributed by atoms with Crippen molar-refractivity contribution in [3.63, 3.8) is 0 Å². The van der Waals surface area contributed by atoms with Gasteiger partial charge in [0.15, 0.2) is 0 Å². The number of aliphatic imine (C=N–C) groups is 1. The Labute approximate surface area is 260 Å². The smallest absolute Gasteiger partial charge is 0.335 e. The van der Waals surface area contributed by atoms with Crippen molar-refractivity contribution < 1.29 is 39.0 Å². The Balaban J connectivity index is 1.09. The van der Waals surface area contributed by atoms with E-state index < -0.39 is 35.6 Å². The molecule has 4 aromatic carbocycles. The Kier molecular flexibility index (Phi) is 6.55. The van der Waals surface area contributed by atoms with Gasteiger partial charge in [0.05, 0.1) is 50.8 Å². The summed E-state index contributed by atoms with van der Waals surface area (Å²) in [5, 5.41) is 21.8. The Bertz CT molecular complexity index is 2070. The average molecular weight is 615 g/mol. The number of benzene rings is 4. The summed E-state index contributed by atoms with van der Waals surface area (Å²) in [5.41, 5.74) is 2.48. The third-order valence-electron chi connectivity index (χ3n) is 8.20. The van der Waals surface area contributed by atoms with Crippen molar-refractivity contribution in [1.29, 1.82) is 0 Å². The van der Waals surface area contributed by atoms with Gasteiger partial charge in [-0.1, -0.05) is 12.1 Å². The van der Waals surface area contributed by atoms with Crippen LogP contribution in [0.5, 0.6) is 0 Å². The summed E-state index contributed by atoms with van der Waals surface area (Å²) in [4.78, 5) is 81.6. The maximum Gasteiger partial charge on any atom is 0.335 e. The molecule has 12 heteroatoms. The number of hydrogen-bond acceptors (Lipinski definition) is 8. The van der Waals surface area contributed by atoms with Crippen LogP contribution in [-0.4, -0.2) is 58.2 Å². The number of carbonyl (C=O) groups is 6. The van der Waals surface area contributed by atoms with E-state index in [2.05, 4.69) is 5.32 Å². The highest BCUT2D eigenvalue weighted by atomic mass is 16.4. The number of carboxylic acids is 2. The van der Waals surface area contributed by atoms with Gasteiger partial charge in [-0.05, 0) is 84.8 Å². The van der Waals surface area contributed by atoms with Crippen LogP contribution in [0.25, 0.3) is 0 Å². The first-order valence-corrected chi connectivity index (χ1v) is 14.2. The first-order valence-electron chi connectivity index (χ1n) is 14.2. The van der Waals surface area contributed by atoms with Crippen molar-refractivity contribution >= 4 is 52.8 Å². The van der Waals surface area contributed by atoms with Crippen LogP contribution in [0.15, 0.2) is 89.9 Å². The fourth-order valence-electron chi connectivity index (χ4n) is 5.84. The minimum atomic E-state index is -1.19. The second kappa shape index (κ2) is 10.6. The lowest BCUT2D eigenvalue weighted by Gasteiger charge is -2.23. The molecule has 1 unspecified atom stereocenters. The summed E-state index contributed by atoms with van der Waals surface area (Å²) in [6.45, 7) is 0.613. The maximum atomic E-state index is 13.0. The number of amidine groups is 1. The van der Waals surface area contributed by atoms with E-state index in [0.717, 1.165) is 20.9 Å². The van der Waals surface area contributed by atoms with E-state index in [4.69, 9.17) is 4.99 Å². The lowest BCUT2D eigenvalue weighted by atomic mass is 10.0. The molecule has 3 heterocycles. The van der Waals surface area contributed by atoms with Crippen molar-refractivity contribution in [3.05, 3.63) is 129 Å². The highest BCUT2D eigenvalue weighted by Crippen LogP contribution is 2.33. The minimum absolute atomic E-state index is 0.0384. The Hall–Kier alpha value is -6.43. The predicted molar refractivity (Wildman–Crippen MR) is 164 cm³/mol. The van der Waals surface area contributed by atoms with E-state index in [0.29, 0.717) is 30.2 Å². The molecule has 4 aromatic rings. The van der Waals surface area contributed by atoms with Gasteiger partial charge in [-0.15, -0.1) is 0 Å². The Morgan fingerprint density at radius 1 is 0.630 bits per heavy atom. The lowest BCUT2D eigenvalue weighted by Crippen LogP contribution is -2.32. The van der Waals surface area contributed by atoms with Gasteiger partial charge in [0, 0.05) is 12.1 Å². The molecular weight excluding hydrogens is 592 g/mol. The largest absolute Gasteiger partial charge is 0.478 e. The van der Waals surface area contributed by atoms with E-state index in [1.54, 1.807) is 48.5 Å². The van der Waals surface area contributed by atoms with Gasteiger partial charge in [-0.2, -0.15) is 0 Å². The summed E-state index contributed by atoms with van der Waals surface area (Å²) < 4.78 is 0. The molecule has 46 heavy (non-hydrogen) atoms. The van der Waals surface area contributed by atoms with Crippen LogP contribution >= 0.6 is 0 Å². The fourth-order valence-corrected chi connectivity index (χ4v) is 5.84. The van der Waals surface area contributed by atoms with Gasteiger partial charge >= 0.3 is 11.9 Å². The molecule has 4 amide bonds. The van der Waals surface area contributed by atoms with E-state index in [9.17, 15) is 39.0 Å². The summed E-state index contributed by atoms with van der Waals surface area (Å²) in [6, 6.07) is 21.1. The third-order valence-corrected chi connectivity index (χ3v) is 8.20. The Morgan fingerprint density at radius 3 is 1.57 bits per heavy atom. The minimum Gasteiger partial charge on any atom is -0.478 e. The molecule has 0 saturated heterocycles. The van der Waals surface area contributed by atoms with Crippen LogP contribution in [0, 0.1) is 0 Å². The molecule has 0 aliphatic carbocycles. The van der Waals surface area contributed by atoms with Gasteiger partial charge in [0.25, 0.3) is 23.6 Å². The second-order valence-electron chi connectivity index (χ2n) is 10.9. The zero-order chi connectivity index (χ0) is 32.3. The first-order chi connectivity index (χ1) is 22.1. The van der Waals surface area contributed by atoms with Crippen molar-refractivity contribution in [1.82, 2.24) is 5.32 Å². The molecule has 3 aliphatic rings. The number of hydrogen-bond donors (Lipinski definition) is 3. The standard InChI is InChI=1S/C34H22N4O8/c39-29-23-11-5-19(33(43)44)15-25(23)31(41)37(29)21-7-1-17(2-8-21)27-13-14-35-28(36-27)18-3-9-22(10-4-18)38-30(40)24-12-6-20(34(45)46)16-26(24)32(38)42/h1-12,15-16,27H,13-14H2,(H,35,36)(H,43,44)(H,45,46). The first kappa shape index (κ1) is 28.3. The molecule has 0 aromatic heterocycles. The molecular formula is C34H22N4O8. The zero-order valence-electron chi connectivity index (χ0n) is 23.8. The highest BCUT2D eigenvalue weighted by molar-refractivity contribution is 6.35. The molecule has 3 N–H and O–H groups in total.